The lowest BCUT2D eigenvalue weighted by molar-refractivity contribution is 0.104. The highest BCUT2D eigenvalue weighted by atomic mass is 16.5. The number of ketones is 2. The Labute approximate surface area is 222 Å². The van der Waals surface area contributed by atoms with Gasteiger partial charge >= 0.3 is 0 Å². The highest BCUT2D eigenvalue weighted by molar-refractivity contribution is 6.19. The van der Waals surface area contributed by atoms with E-state index in [0.717, 1.165) is 16.9 Å². The molecule has 0 amide bonds. The fourth-order valence-corrected chi connectivity index (χ4v) is 4.20. The van der Waals surface area contributed by atoms with Gasteiger partial charge in [-0.15, -0.1) is 0 Å². The van der Waals surface area contributed by atoms with Gasteiger partial charge in [0.25, 0.3) is 0 Å². The number of aryl methyl sites for hydroxylation is 1. The number of rotatable bonds is 9. The molecule has 0 fully saturated rings. The summed E-state index contributed by atoms with van der Waals surface area (Å²) < 4.78 is 10.4. The van der Waals surface area contributed by atoms with Crippen LogP contribution in [0.15, 0.2) is 97.1 Å². The van der Waals surface area contributed by atoms with Crippen molar-refractivity contribution in [3.05, 3.63) is 125 Å². The third kappa shape index (κ3) is 5.90. The van der Waals surface area contributed by atoms with Crippen LogP contribution in [-0.4, -0.2) is 30.9 Å². The summed E-state index contributed by atoms with van der Waals surface area (Å²) in [5.74, 6) is 0.569. The van der Waals surface area contributed by atoms with Crippen molar-refractivity contribution in [1.29, 1.82) is 0 Å². The molecule has 0 saturated heterocycles. The normalized spacial score (nSPS) is 11.1. The number of carbonyl (C=O) groups is 2. The third-order valence-electron chi connectivity index (χ3n) is 6.14. The van der Waals surface area contributed by atoms with Gasteiger partial charge in [-0.25, -0.2) is 0 Å². The molecule has 0 radical (unpaired) electrons. The molecule has 38 heavy (non-hydrogen) atoms. The van der Waals surface area contributed by atoms with Crippen LogP contribution in [0.5, 0.6) is 17.2 Å². The number of carbonyl (C=O) groups excluding carboxylic acids is 2. The Hall–Kier alpha value is -4.90. The molecule has 0 spiro atoms. The zero-order valence-electron chi connectivity index (χ0n) is 21.5. The minimum atomic E-state index is -0.412. The zero-order chi connectivity index (χ0) is 27.1. The van der Waals surface area contributed by atoms with Crippen LogP contribution in [0.25, 0.3) is 23.3 Å². The zero-order valence-corrected chi connectivity index (χ0v) is 21.5. The fourth-order valence-electron chi connectivity index (χ4n) is 4.20. The second-order valence-electron chi connectivity index (χ2n) is 8.65. The average Bonchev–Trinajstić information content (AvgIpc) is 2.95. The molecule has 190 valence electrons. The first kappa shape index (κ1) is 26.2. The molecular formula is C33H28O5. The predicted octanol–water partition coefficient (Wildman–Crippen LogP) is 7.18. The summed E-state index contributed by atoms with van der Waals surface area (Å²) in [6, 6.07) is 25.2. The predicted molar refractivity (Wildman–Crippen MR) is 151 cm³/mol. The van der Waals surface area contributed by atoms with E-state index in [2.05, 4.69) is 0 Å². The lowest BCUT2D eigenvalue weighted by Crippen LogP contribution is -2.08. The molecule has 0 atom stereocenters. The second-order valence-corrected chi connectivity index (χ2v) is 8.65. The van der Waals surface area contributed by atoms with Crippen molar-refractivity contribution in [1.82, 2.24) is 0 Å². The van der Waals surface area contributed by atoms with E-state index in [0.29, 0.717) is 28.0 Å². The third-order valence-corrected chi connectivity index (χ3v) is 6.14. The smallest absolute Gasteiger partial charge is 0.190 e. The number of ether oxygens (including phenoxy) is 2. The van der Waals surface area contributed by atoms with Crippen LogP contribution in [0.3, 0.4) is 0 Å². The molecule has 1 N–H and O–H groups in total. The topological polar surface area (TPSA) is 72.8 Å². The van der Waals surface area contributed by atoms with E-state index in [-0.39, 0.29) is 17.1 Å². The molecule has 4 rings (SSSR count). The Morgan fingerprint density at radius 3 is 1.63 bits per heavy atom. The van der Waals surface area contributed by atoms with E-state index in [4.69, 9.17) is 9.47 Å². The van der Waals surface area contributed by atoms with Crippen LogP contribution >= 0.6 is 0 Å². The van der Waals surface area contributed by atoms with Crippen molar-refractivity contribution in [3.63, 3.8) is 0 Å². The van der Waals surface area contributed by atoms with E-state index in [1.54, 1.807) is 45.4 Å². The number of phenolic OH excluding ortho intramolecular Hbond substituents is 1. The monoisotopic (exact) mass is 504 g/mol. The summed E-state index contributed by atoms with van der Waals surface area (Å²) in [6.45, 7) is 1.75. The summed E-state index contributed by atoms with van der Waals surface area (Å²) in [6.07, 6.45) is 6.27. The Bertz CT molecular complexity index is 1400. The van der Waals surface area contributed by atoms with Crippen molar-refractivity contribution in [2.75, 3.05) is 14.2 Å². The van der Waals surface area contributed by atoms with Gasteiger partial charge in [0.2, 0.25) is 0 Å². The Kier molecular flexibility index (Phi) is 8.19. The quantitative estimate of drug-likeness (QED) is 0.193. The van der Waals surface area contributed by atoms with Crippen LogP contribution in [0, 0.1) is 6.92 Å². The minimum absolute atomic E-state index is 0.0766. The number of aromatic hydroxyl groups is 1. The van der Waals surface area contributed by atoms with Gasteiger partial charge in [0.05, 0.1) is 19.8 Å². The lowest BCUT2D eigenvalue weighted by Gasteiger charge is -2.16. The number of hydrogen-bond acceptors (Lipinski definition) is 5. The van der Waals surface area contributed by atoms with Crippen molar-refractivity contribution < 1.29 is 24.2 Å². The van der Waals surface area contributed by atoms with E-state index in [1.165, 1.54) is 18.2 Å². The van der Waals surface area contributed by atoms with Gasteiger partial charge in [0.15, 0.2) is 11.6 Å². The first-order valence-electron chi connectivity index (χ1n) is 12.1. The fraction of sp³-hybridized carbons (Fsp3) is 0.0909. The molecule has 0 aromatic heterocycles. The van der Waals surface area contributed by atoms with Gasteiger partial charge < -0.3 is 14.6 Å². The summed E-state index contributed by atoms with van der Waals surface area (Å²) in [5.41, 5.74) is 3.70. The van der Waals surface area contributed by atoms with Crippen molar-refractivity contribution in [3.8, 4) is 28.4 Å². The largest absolute Gasteiger partial charge is 0.507 e. The molecule has 5 nitrogen and oxygen atoms in total. The second kappa shape index (κ2) is 11.9. The van der Waals surface area contributed by atoms with Gasteiger partial charge in [-0.3, -0.25) is 9.59 Å². The average molecular weight is 505 g/mol. The molecule has 4 aromatic rings. The number of phenols is 1. The first-order valence-corrected chi connectivity index (χ1v) is 12.1. The van der Waals surface area contributed by atoms with E-state index >= 15 is 0 Å². The first-order chi connectivity index (χ1) is 18.4. The maximum Gasteiger partial charge on any atom is 0.190 e. The number of methoxy groups -OCH3 is 2. The van der Waals surface area contributed by atoms with Crippen LogP contribution in [0.2, 0.25) is 0 Å². The van der Waals surface area contributed by atoms with Crippen molar-refractivity contribution in [2.24, 2.45) is 0 Å². The minimum Gasteiger partial charge on any atom is -0.507 e. The van der Waals surface area contributed by atoms with Crippen LogP contribution in [0.1, 0.15) is 37.4 Å². The molecular weight excluding hydrogens is 476 g/mol. The van der Waals surface area contributed by atoms with E-state index < -0.39 is 5.78 Å². The molecule has 0 bridgehead atoms. The van der Waals surface area contributed by atoms with Crippen molar-refractivity contribution >= 4 is 23.7 Å². The number of benzene rings is 4. The Morgan fingerprint density at radius 2 is 1.16 bits per heavy atom. The molecule has 0 heterocycles. The highest BCUT2D eigenvalue weighted by Gasteiger charge is 2.24. The highest BCUT2D eigenvalue weighted by Crippen LogP contribution is 2.37. The summed E-state index contributed by atoms with van der Waals surface area (Å²) in [5, 5.41) is 10.9. The molecule has 0 aliphatic heterocycles. The van der Waals surface area contributed by atoms with Gasteiger partial charge in [0.1, 0.15) is 17.2 Å². The lowest BCUT2D eigenvalue weighted by atomic mass is 9.86. The molecule has 0 aliphatic carbocycles. The van der Waals surface area contributed by atoms with Crippen molar-refractivity contribution in [2.45, 2.75) is 6.92 Å². The van der Waals surface area contributed by atoms with Gasteiger partial charge in [-0.1, -0.05) is 66.7 Å². The van der Waals surface area contributed by atoms with E-state index in [1.807, 2.05) is 66.7 Å². The summed E-state index contributed by atoms with van der Waals surface area (Å²) >= 11 is 0. The molecule has 4 aromatic carbocycles. The van der Waals surface area contributed by atoms with Crippen LogP contribution < -0.4 is 9.47 Å². The van der Waals surface area contributed by atoms with Gasteiger partial charge in [-0.05, 0) is 71.7 Å². The Balaban J connectivity index is 1.78. The standard InChI is InChI=1S/C33H28O5/c1-22-21-30(36)33(29(35)20-14-24-11-17-27(38-3)18-12-24)32(25-7-5-4-6-8-25)31(22)28(34)19-13-23-9-15-26(37-2)16-10-23/h4-21,36H,1-3H3/b19-13+,20-14+. The molecule has 0 saturated carbocycles. The molecule has 5 heteroatoms. The number of hydrogen-bond donors (Lipinski definition) is 1. The molecule has 0 unspecified atom stereocenters. The Morgan fingerprint density at radius 1 is 0.684 bits per heavy atom. The van der Waals surface area contributed by atoms with Gasteiger partial charge in [-0.2, -0.15) is 0 Å². The number of allylic oxidation sites excluding steroid dienone is 2. The van der Waals surface area contributed by atoms with Crippen LogP contribution in [-0.2, 0) is 0 Å². The summed E-state index contributed by atoms with van der Waals surface area (Å²) in [7, 11) is 3.18. The maximum atomic E-state index is 13.5. The summed E-state index contributed by atoms with van der Waals surface area (Å²) in [4.78, 5) is 27.0. The maximum absolute atomic E-state index is 13.5. The van der Waals surface area contributed by atoms with Gasteiger partial charge in [0, 0.05) is 11.1 Å². The molecule has 0 aliphatic rings. The SMILES string of the molecule is COc1ccc(/C=C/C(=O)c2c(C)cc(O)c(C(=O)/C=C/c3ccc(OC)cc3)c2-c2ccccc2)cc1. The van der Waals surface area contributed by atoms with E-state index in [9.17, 15) is 14.7 Å². The van der Waals surface area contributed by atoms with Crippen LogP contribution in [0.4, 0.5) is 0 Å².